The number of hydrogen-bond acceptors (Lipinski definition) is 3. The number of piperidine rings is 1. The molecule has 0 aliphatic carbocycles. The third-order valence-corrected chi connectivity index (χ3v) is 7.77. The Morgan fingerprint density at radius 3 is 2.66 bits per heavy atom. The largest absolute Gasteiger partial charge is 0.388 e. The number of aliphatic hydroxyl groups is 1. The minimum Gasteiger partial charge on any atom is -0.388 e. The summed E-state index contributed by atoms with van der Waals surface area (Å²) in [5.41, 5.74) is 5.20. The molecule has 1 fully saturated rings. The van der Waals surface area contributed by atoms with Gasteiger partial charge in [0.1, 0.15) is 5.82 Å². The van der Waals surface area contributed by atoms with Crippen LogP contribution in [0.3, 0.4) is 0 Å². The first-order valence-electron chi connectivity index (χ1n) is 12.5. The molecule has 32 heavy (non-hydrogen) atoms. The van der Waals surface area contributed by atoms with E-state index in [0.29, 0.717) is 5.92 Å². The van der Waals surface area contributed by atoms with E-state index in [0.717, 1.165) is 50.5 Å². The molecular weight excluding hydrogens is 399 g/mol. The quantitative estimate of drug-likeness (QED) is 0.614. The highest BCUT2D eigenvalue weighted by Gasteiger charge is 2.31. The summed E-state index contributed by atoms with van der Waals surface area (Å²) in [7, 11) is 2.24. The van der Waals surface area contributed by atoms with E-state index in [2.05, 4.69) is 42.0 Å². The molecular formula is C28H39FN2O. The van der Waals surface area contributed by atoms with Crippen molar-refractivity contribution in [2.45, 2.75) is 63.9 Å². The number of anilines is 1. The summed E-state index contributed by atoms with van der Waals surface area (Å²) in [6.45, 7) is 6.74. The number of rotatable bonds is 5. The minimum atomic E-state index is -0.514. The summed E-state index contributed by atoms with van der Waals surface area (Å²) >= 11 is 0. The normalized spacial score (nSPS) is 23.3. The van der Waals surface area contributed by atoms with Crippen LogP contribution in [0, 0.1) is 18.7 Å². The maximum atomic E-state index is 13.1. The molecule has 0 spiro atoms. The molecule has 1 saturated heterocycles. The molecule has 4 rings (SSSR count). The summed E-state index contributed by atoms with van der Waals surface area (Å²) in [6.07, 6.45) is 7.72. The summed E-state index contributed by atoms with van der Waals surface area (Å²) in [5.74, 6) is 1.11. The molecule has 4 heteroatoms. The second kappa shape index (κ2) is 10.8. The molecule has 0 saturated carbocycles. The Balaban J connectivity index is 1.41. The molecule has 2 aromatic rings. The van der Waals surface area contributed by atoms with Crippen LogP contribution in [-0.4, -0.2) is 43.2 Å². The number of likely N-dealkylation sites (tertiary alicyclic amines) is 1. The van der Waals surface area contributed by atoms with E-state index >= 15 is 0 Å². The highest BCUT2D eigenvalue weighted by Crippen LogP contribution is 2.40. The SMILES string of the molecule is Cc1c2cccc1N(C)CCCCC[C@H]1CCN(CCCC(O)c3ccc(F)cc3)C[C@@H]21. The molecule has 3 atom stereocenters. The zero-order valence-electron chi connectivity index (χ0n) is 19.8. The van der Waals surface area contributed by atoms with Crippen LogP contribution in [0.1, 0.15) is 73.7 Å². The van der Waals surface area contributed by atoms with Crippen molar-refractivity contribution in [2.24, 2.45) is 5.92 Å². The standard InChI is InChI=1S/C28H39FN2O/c1-21-25-9-6-10-27(21)30(2)17-5-3-4-8-22-16-19-31(20-26(22)25)18-7-11-28(32)23-12-14-24(29)15-13-23/h6,9-10,12-15,22,26,28,32H,3-5,7-8,11,16-20H2,1-2H3/t22-,26+,28?/m0/s1. The zero-order chi connectivity index (χ0) is 22.5. The van der Waals surface area contributed by atoms with Gasteiger partial charge in [0, 0.05) is 25.8 Å². The average molecular weight is 439 g/mol. The first-order chi connectivity index (χ1) is 15.5. The predicted octanol–water partition coefficient (Wildman–Crippen LogP) is 6.06. The van der Waals surface area contributed by atoms with Crippen molar-refractivity contribution in [1.82, 2.24) is 4.90 Å². The highest BCUT2D eigenvalue weighted by molar-refractivity contribution is 5.56. The molecule has 2 aromatic carbocycles. The molecule has 1 N–H and O–H groups in total. The minimum absolute atomic E-state index is 0.254. The lowest BCUT2D eigenvalue weighted by Crippen LogP contribution is -2.40. The number of nitrogens with zero attached hydrogens (tertiary/aromatic N) is 2. The van der Waals surface area contributed by atoms with Crippen LogP contribution in [-0.2, 0) is 0 Å². The first kappa shape index (κ1) is 23.3. The molecule has 1 unspecified atom stereocenters. The van der Waals surface area contributed by atoms with Crippen molar-refractivity contribution in [3.05, 3.63) is 65.0 Å². The van der Waals surface area contributed by atoms with Gasteiger partial charge in [-0.1, -0.05) is 37.1 Å². The van der Waals surface area contributed by atoms with E-state index < -0.39 is 6.10 Å². The second-order valence-electron chi connectivity index (χ2n) is 9.93. The monoisotopic (exact) mass is 438 g/mol. The van der Waals surface area contributed by atoms with Gasteiger partial charge in [0.25, 0.3) is 0 Å². The Morgan fingerprint density at radius 2 is 1.84 bits per heavy atom. The van der Waals surface area contributed by atoms with Crippen LogP contribution < -0.4 is 4.90 Å². The van der Waals surface area contributed by atoms with Crippen LogP contribution in [0.4, 0.5) is 10.1 Å². The van der Waals surface area contributed by atoms with Crippen molar-refractivity contribution in [2.75, 3.05) is 38.1 Å². The number of aliphatic hydroxyl groups excluding tert-OH is 1. The Morgan fingerprint density at radius 1 is 1.03 bits per heavy atom. The third-order valence-electron chi connectivity index (χ3n) is 7.77. The van der Waals surface area contributed by atoms with Crippen LogP contribution in [0.5, 0.6) is 0 Å². The van der Waals surface area contributed by atoms with Gasteiger partial charge in [0.15, 0.2) is 0 Å². The van der Waals surface area contributed by atoms with E-state index in [1.807, 2.05) is 0 Å². The van der Waals surface area contributed by atoms with Gasteiger partial charge in [-0.25, -0.2) is 4.39 Å². The Bertz CT molecular complexity index is 868. The van der Waals surface area contributed by atoms with Gasteiger partial charge < -0.3 is 14.9 Å². The van der Waals surface area contributed by atoms with Crippen LogP contribution in [0.25, 0.3) is 0 Å². The van der Waals surface area contributed by atoms with Crippen molar-refractivity contribution in [3.63, 3.8) is 0 Å². The Labute approximate surface area is 193 Å². The maximum absolute atomic E-state index is 13.1. The van der Waals surface area contributed by atoms with Gasteiger partial charge in [-0.3, -0.25) is 0 Å². The fourth-order valence-electron chi connectivity index (χ4n) is 5.84. The van der Waals surface area contributed by atoms with E-state index in [1.165, 1.54) is 61.1 Å². The first-order valence-corrected chi connectivity index (χ1v) is 12.5. The Kier molecular flexibility index (Phi) is 7.85. The third kappa shape index (κ3) is 5.52. The van der Waals surface area contributed by atoms with Gasteiger partial charge in [0.2, 0.25) is 0 Å². The van der Waals surface area contributed by atoms with Gasteiger partial charge in [-0.15, -0.1) is 0 Å². The van der Waals surface area contributed by atoms with E-state index in [-0.39, 0.29) is 5.82 Å². The maximum Gasteiger partial charge on any atom is 0.123 e. The summed E-state index contributed by atoms with van der Waals surface area (Å²) in [5, 5.41) is 10.5. The van der Waals surface area contributed by atoms with Gasteiger partial charge in [0.05, 0.1) is 6.10 Å². The van der Waals surface area contributed by atoms with Gasteiger partial charge >= 0.3 is 0 Å². The summed E-state index contributed by atoms with van der Waals surface area (Å²) < 4.78 is 13.1. The lowest BCUT2D eigenvalue weighted by Gasteiger charge is -2.40. The van der Waals surface area contributed by atoms with Crippen molar-refractivity contribution in [3.8, 4) is 0 Å². The molecule has 2 bridgehead atoms. The molecule has 2 heterocycles. The van der Waals surface area contributed by atoms with E-state index in [1.54, 1.807) is 12.1 Å². The van der Waals surface area contributed by atoms with Gasteiger partial charge in [-0.05, 0) is 98.8 Å². The molecule has 0 radical (unpaired) electrons. The van der Waals surface area contributed by atoms with Gasteiger partial charge in [-0.2, -0.15) is 0 Å². The number of benzene rings is 2. The molecule has 2 aliphatic heterocycles. The van der Waals surface area contributed by atoms with Crippen LogP contribution >= 0.6 is 0 Å². The second-order valence-corrected chi connectivity index (χ2v) is 9.93. The van der Waals surface area contributed by atoms with Crippen LogP contribution in [0.2, 0.25) is 0 Å². The smallest absolute Gasteiger partial charge is 0.123 e. The average Bonchev–Trinajstić information content (AvgIpc) is 2.80. The number of fused-ring (bicyclic) bond motifs is 4. The van der Waals surface area contributed by atoms with Crippen LogP contribution in [0.15, 0.2) is 42.5 Å². The summed E-state index contributed by atoms with van der Waals surface area (Å²) in [4.78, 5) is 5.05. The molecule has 3 nitrogen and oxygen atoms in total. The topological polar surface area (TPSA) is 26.7 Å². The Hall–Kier alpha value is -1.91. The van der Waals surface area contributed by atoms with Crippen molar-refractivity contribution < 1.29 is 9.50 Å². The fourth-order valence-corrected chi connectivity index (χ4v) is 5.84. The molecule has 0 aromatic heterocycles. The van der Waals surface area contributed by atoms with Crippen molar-refractivity contribution in [1.29, 1.82) is 0 Å². The summed E-state index contributed by atoms with van der Waals surface area (Å²) in [6, 6.07) is 13.1. The highest BCUT2D eigenvalue weighted by atomic mass is 19.1. The molecule has 0 amide bonds. The zero-order valence-corrected chi connectivity index (χ0v) is 19.8. The number of halogens is 1. The lowest BCUT2D eigenvalue weighted by atomic mass is 9.76. The van der Waals surface area contributed by atoms with Crippen molar-refractivity contribution >= 4 is 5.69 Å². The number of hydrogen-bond donors (Lipinski definition) is 1. The molecule has 174 valence electrons. The van der Waals surface area contributed by atoms with E-state index in [4.69, 9.17) is 0 Å². The molecule has 2 aliphatic rings. The predicted molar refractivity (Wildman–Crippen MR) is 131 cm³/mol. The van der Waals surface area contributed by atoms with E-state index in [9.17, 15) is 9.50 Å². The fraction of sp³-hybridized carbons (Fsp3) is 0.571. The lowest BCUT2D eigenvalue weighted by molar-refractivity contribution is 0.129.